The van der Waals surface area contributed by atoms with Crippen molar-refractivity contribution in [2.75, 3.05) is 12.8 Å². The van der Waals surface area contributed by atoms with Crippen LogP contribution in [0, 0.1) is 0 Å². The molecule has 2 N–H and O–H groups in total. The van der Waals surface area contributed by atoms with Crippen LogP contribution in [0.25, 0.3) is 0 Å². The van der Waals surface area contributed by atoms with Gasteiger partial charge in [-0.3, -0.25) is 4.79 Å². The number of amides is 1. The molecule has 0 aliphatic carbocycles. The Bertz CT molecular complexity index is 508. The maximum atomic E-state index is 12.0. The van der Waals surface area contributed by atoms with E-state index in [1.54, 1.807) is 17.5 Å². The number of nitrogens with zero attached hydrogens (tertiary/aromatic N) is 2. The van der Waals surface area contributed by atoms with Gasteiger partial charge in [0.15, 0.2) is 0 Å². The molecule has 2 rings (SSSR count). The Balaban J connectivity index is 1.93. The van der Waals surface area contributed by atoms with E-state index < -0.39 is 0 Å². The van der Waals surface area contributed by atoms with Crippen LogP contribution >= 0.6 is 11.3 Å². The van der Waals surface area contributed by atoms with Crippen molar-refractivity contribution in [3.05, 3.63) is 46.4 Å². The highest BCUT2D eigenvalue weighted by Gasteiger charge is 2.10. The molecule has 0 radical (unpaired) electrons. The molecule has 0 spiro atoms. The zero-order valence-electron chi connectivity index (χ0n) is 10.2. The lowest BCUT2D eigenvalue weighted by molar-refractivity contribution is -0.129. The summed E-state index contributed by atoms with van der Waals surface area (Å²) in [4.78, 5) is 17.8. The lowest BCUT2D eigenvalue weighted by Gasteiger charge is -2.15. The number of thiazole rings is 1. The Morgan fingerprint density at radius 2 is 2.11 bits per heavy atom. The molecule has 18 heavy (non-hydrogen) atoms. The van der Waals surface area contributed by atoms with Crippen molar-refractivity contribution >= 4 is 22.9 Å². The molecule has 0 saturated heterocycles. The zero-order chi connectivity index (χ0) is 13.0. The van der Waals surface area contributed by atoms with E-state index in [9.17, 15) is 4.79 Å². The van der Waals surface area contributed by atoms with Crippen LogP contribution in [0.2, 0.25) is 0 Å². The summed E-state index contributed by atoms with van der Waals surface area (Å²) in [5.41, 5.74) is 9.98. The second-order valence-electron chi connectivity index (χ2n) is 4.15. The summed E-state index contributed by atoms with van der Waals surface area (Å²) in [7, 11) is 1.79. The first kappa shape index (κ1) is 12.6. The van der Waals surface area contributed by atoms with Crippen molar-refractivity contribution in [1.29, 1.82) is 0 Å². The van der Waals surface area contributed by atoms with Gasteiger partial charge in [-0.2, -0.15) is 0 Å². The quantitative estimate of drug-likeness (QED) is 0.855. The minimum absolute atomic E-state index is 0.0766. The molecule has 2 aromatic rings. The van der Waals surface area contributed by atoms with Crippen LogP contribution in [0.5, 0.6) is 0 Å². The molecule has 1 heterocycles. The highest BCUT2D eigenvalue weighted by Crippen LogP contribution is 2.09. The molecule has 0 unspecified atom stereocenters. The number of anilines is 1. The SMILES string of the molecule is CN(Cc1cscn1)C(=O)Cc1ccc(N)cc1. The lowest BCUT2D eigenvalue weighted by Crippen LogP contribution is -2.27. The first-order chi connectivity index (χ1) is 8.65. The maximum absolute atomic E-state index is 12.0. The molecule has 94 valence electrons. The second-order valence-corrected chi connectivity index (χ2v) is 4.87. The molecule has 0 saturated carbocycles. The van der Waals surface area contributed by atoms with Gasteiger partial charge in [0.05, 0.1) is 24.2 Å². The molecular weight excluding hydrogens is 246 g/mol. The number of likely N-dealkylation sites (N-methyl/N-ethyl adjacent to an activating group) is 1. The fourth-order valence-electron chi connectivity index (χ4n) is 1.59. The molecule has 5 heteroatoms. The first-order valence-corrected chi connectivity index (χ1v) is 6.55. The van der Waals surface area contributed by atoms with Crippen molar-refractivity contribution in [3.8, 4) is 0 Å². The standard InChI is InChI=1S/C13H15N3OS/c1-16(7-12-8-18-9-15-12)13(17)6-10-2-4-11(14)5-3-10/h2-5,8-9H,6-7,14H2,1H3. The summed E-state index contributed by atoms with van der Waals surface area (Å²) in [5, 5.41) is 1.95. The molecular formula is C13H15N3OS. The van der Waals surface area contributed by atoms with Gasteiger partial charge in [-0.1, -0.05) is 12.1 Å². The van der Waals surface area contributed by atoms with Crippen molar-refractivity contribution in [2.24, 2.45) is 0 Å². The highest BCUT2D eigenvalue weighted by atomic mass is 32.1. The number of nitrogen functional groups attached to an aromatic ring is 1. The third-order valence-electron chi connectivity index (χ3n) is 2.64. The number of carbonyl (C=O) groups is 1. The topological polar surface area (TPSA) is 59.2 Å². The summed E-state index contributed by atoms with van der Waals surface area (Å²) in [5.74, 6) is 0.0766. The molecule has 0 bridgehead atoms. The molecule has 0 fully saturated rings. The van der Waals surface area contributed by atoms with Crippen molar-refractivity contribution < 1.29 is 4.79 Å². The third kappa shape index (κ3) is 3.30. The number of hydrogen-bond donors (Lipinski definition) is 1. The first-order valence-electron chi connectivity index (χ1n) is 5.60. The molecule has 0 atom stereocenters. The van der Waals surface area contributed by atoms with E-state index in [-0.39, 0.29) is 5.91 Å². The fraction of sp³-hybridized carbons (Fsp3) is 0.231. The number of aromatic nitrogens is 1. The van der Waals surface area contributed by atoms with E-state index in [0.29, 0.717) is 18.7 Å². The summed E-state index contributed by atoms with van der Waals surface area (Å²) < 4.78 is 0. The third-order valence-corrected chi connectivity index (χ3v) is 3.28. The average molecular weight is 261 g/mol. The Kier molecular flexibility index (Phi) is 3.94. The number of nitrogens with two attached hydrogens (primary N) is 1. The van der Waals surface area contributed by atoms with E-state index >= 15 is 0 Å². The Morgan fingerprint density at radius 1 is 1.39 bits per heavy atom. The van der Waals surface area contributed by atoms with Crippen LogP contribution < -0.4 is 5.73 Å². The van der Waals surface area contributed by atoms with Crippen LogP contribution in [0.1, 0.15) is 11.3 Å². The molecule has 1 amide bonds. The smallest absolute Gasteiger partial charge is 0.227 e. The average Bonchev–Trinajstić information content (AvgIpc) is 2.85. The Hall–Kier alpha value is -1.88. The Labute approximate surface area is 110 Å². The van der Waals surface area contributed by atoms with E-state index in [4.69, 9.17) is 5.73 Å². The number of rotatable bonds is 4. The van der Waals surface area contributed by atoms with Crippen LogP contribution in [0.3, 0.4) is 0 Å². The van der Waals surface area contributed by atoms with Gasteiger partial charge in [0.1, 0.15) is 0 Å². The van der Waals surface area contributed by atoms with Gasteiger partial charge < -0.3 is 10.6 Å². The highest BCUT2D eigenvalue weighted by molar-refractivity contribution is 7.07. The van der Waals surface area contributed by atoms with Gasteiger partial charge >= 0.3 is 0 Å². The molecule has 1 aromatic carbocycles. The maximum Gasteiger partial charge on any atom is 0.227 e. The van der Waals surface area contributed by atoms with Crippen LogP contribution in [-0.4, -0.2) is 22.8 Å². The van der Waals surface area contributed by atoms with Crippen molar-refractivity contribution in [3.63, 3.8) is 0 Å². The minimum atomic E-state index is 0.0766. The van der Waals surface area contributed by atoms with Crippen LogP contribution in [-0.2, 0) is 17.8 Å². The molecule has 0 aliphatic heterocycles. The summed E-state index contributed by atoms with van der Waals surface area (Å²) in [6, 6.07) is 7.37. The van der Waals surface area contributed by atoms with Gasteiger partial charge in [0.2, 0.25) is 5.91 Å². The van der Waals surface area contributed by atoms with Gasteiger partial charge in [-0.05, 0) is 17.7 Å². The van der Waals surface area contributed by atoms with Crippen LogP contribution in [0.4, 0.5) is 5.69 Å². The largest absolute Gasteiger partial charge is 0.399 e. The fourth-order valence-corrected chi connectivity index (χ4v) is 2.14. The lowest BCUT2D eigenvalue weighted by atomic mass is 10.1. The Morgan fingerprint density at radius 3 is 2.72 bits per heavy atom. The second kappa shape index (κ2) is 5.64. The minimum Gasteiger partial charge on any atom is -0.399 e. The number of benzene rings is 1. The van der Waals surface area contributed by atoms with E-state index in [0.717, 1.165) is 11.3 Å². The predicted molar refractivity (Wildman–Crippen MR) is 73.1 cm³/mol. The van der Waals surface area contributed by atoms with Crippen LogP contribution in [0.15, 0.2) is 35.2 Å². The molecule has 1 aromatic heterocycles. The number of hydrogen-bond acceptors (Lipinski definition) is 4. The van der Waals surface area contributed by atoms with Gasteiger partial charge in [0.25, 0.3) is 0 Å². The number of carbonyl (C=O) groups excluding carboxylic acids is 1. The molecule has 4 nitrogen and oxygen atoms in total. The zero-order valence-corrected chi connectivity index (χ0v) is 11.0. The van der Waals surface area contributed by atoms with Crippen molar-refractivity contribution in [2.45, 2.75) is 13.0 Å². The van der Waals surface area contributed by atoms with E-state index in [1.807, 2.05) is 29.6 Å². The summed E-state index contributed by atoms with van der Waals surface area (Å²) >= 11 is 1.54. The normalized spacial score (nSPS) is 10.3. The molecule has 0 aliphatic rings. The van der Waals surface area contributed by atoms with Gasteiger partial charge in [-0.25, -0.2) is 4.98 Å². The van der Waals surface area contributed by atoms with Gasteiger partial charge in [-0.15, -0.1) is 11.3 Å². The van der Waals surface area contributed by atoms with E-state index in [2.05, 4.69) is 4.98 Å². The summed E-state index contributed by atoms with van der Waals surface area (Å²) in [6.45, 7) is 0.553. The monoisotopic (exact) mass is 261 g/mol. The van der Waals surface area contributed by atoms with Crippen molar-refractivity contribution in [1.82, 2.24) is 9.88 Å². The predicted octanol–water partition coefficient (Wildman–Crippen LogP) is 1.93. The summed E-state index contributed by atoms with van der Waals surface area (Å²) in [6.07, 6.45) is 0.390. The van der Waals surface area contributed by atoms with E-state index in [1.165, 1.54) is 11.3 Å². The van der Waals surface area contributed by atoms with Gasteiger partial charge in [0, 0.05) is 18.1 Å².